The Labute approximate surface area is 209 Å². The Morgan fingerprint density at radius 3 is 2.49 bits per heavy atom. The SMILES string of the molecule is C=C(C)[C@@H]1CCC(C)=C[C@H]1c1c(O)cc(CCCCC)cc1OC(=O)CCCOP(=O)(O)O.N.N. The molecule has 0 heterocycles. The Hall–Kier alpha value is -2.00. The Balaban J connectivity index is 0.00000578. The zero-order valence-electron chi connectivity index (χ0n) is 21.3. The van der Waals surface area contributed by atoms with Gasteiger partial charge in [-0.3, -0.25) is 9.32 Å². The summed E-state index contributed by atoms with van der Waals surface area (Å²) in [7, 11) is -4.57. The first kappa shape index (κ1) is 33.0. The second kappa shape index (κ2) is 15.2. The van der Waals surface area contributed by atoms with Gasteiger partial charge in [0.25, 0.3) is 0 Å². The fourth-order valence-corrected chi connectivity index (χ4v) is 4.66. The van der Waals surface area contributed by atoms with Crippen LogP contribution in [0.5, 0.6) is 11.5 Å². The lowest BCUT2D eigenvalue weighted by molar-refractivity contribution is -0.134. The predicted octanol–water partition coefficient (Wildman–Crippen LogP) is 6.26. The van der Waals surface area contributed by atoms with Gasteiger partial charge in [-0.15, -0.1) is 0 Å². The summed E-state index contributed by atoms with van der Waals surface area (Å²) in [6, 6.07) is 3.60. The van der Waals surface area contributed by atoms with Crippen LogP contribution >= 0.6 is 7.82 Å². The molecule has 10 heteroatoms. The Morgan fingerprint density at radius 1 is 1.20 bits per heavy atom. The summed E-state index contributed by atoms with van der Waals surface area (Å²) in [6.45, 7) is 10.1. The van der Waals surface area contributed by atoms with Gasteiger partial charge in [0.05, 0.1) is 6.61 Å². The molecule has 0 amide bonds. The molecule has 0 radical (unpaired) electrons. The molecule has 0 aromatic heterocycles. The van der Waals surface area contributed by atoms with E-state index in [1.165, 1.54) is 5.57 Å². The summed E-state index contributed by atoms with van der Waals surface area (Å²) in [6.07, 6.45) is 7.92. The maximum absolute atomic E-state index is 12.5. The minimum atomic E-state index is -4.57. The van der Waals surface area contributed by atoms with Crippen LogP contribution in [0, 0.1) is 5.92 Å². The second-order valence-corrected chi connectivity index (χ2v) is 10.2. The molecule has 0 bridgehead atoms. The lowest BCUT2D eigenvalue weighted by atomic mass is 9.73. The second-order valence-electron chi connectivity index (χ2n) is 8.92. The smallest absolute Gasteiger partial charge is 0.469 e. The quantitative estimate of drug-likeness (QED) is 0.0706. The molecule has 0 fully saturated rings. The molecular formula is C25H43N2O7P. The molecule has 0 spiro atoms. The summed E-state index contributed by atoms with van der Waals surface area (Å²) >= 11 is 0. The van der Waals surface area contributed by atoms with Gasteiger partial charge < -0.3 is 31.9 Å². The van der Waals surface area contributed by atoms with Crippen molar-refractivity contribution in [3.05, 3.63) is 47.1 Å². The average molecular weight is 515 g/mol. The highest BCUT2D eigenvalue weighted by Gasteiger charge is 2.31. The van der Waals surface area contributed by atoms with Crippen molar-refractivity contribution in [2.45, 2.75) is 78.1 Å². The van der Waals surface area contributed by atoms with Gasteiger partial charge in [0, 0.05) is 17.9 Å². The number of benzene rings is 1. The number of aromatic hydroxyl groups is 1. The number of ether oxygens (including phenoxy) is 1. The Morgan fingerprint density at radius 2 is 1.89 bits per heavy atom. The molecule has 35 heavy (non-hydrogen) atoms. The van der Waals surface area contributed by atoms with Crippen LogP contribution in [0.3, 0.4) is 0 Å². The minimum absolute atomic E-state index is 0. The van der Waals surface area contributed by atoms with Crippen LogP contribution < -0.4 is 17.0 Å². The number of carbonyl (C=O) groups is 1. The van der Waals surface area contributed by atoms with E-state index in [0.717, 1.165) is 49.7 Å². The first-order valence-corrected chi connectivity index (χ1v) is 13.1. The molecule has 0 saturated heterocycles. The largest absolute Gasteiger partial charge is 0.507 e. The number of hydrogen-bond acceptors (Lipinski definition) is 7. The van der Waals surface area contributed by atoms with Crippen LogP contribution in [-0.4, -0.2) is 27.5 Å². The molecule has 0 unspecified atom stereocenters. The van der Waals surface area contributed by atoms with E-state index in [2.05, 4.69) is 31.0 Å². The number of phosphoric acid groups is 1. The maximum Gasteiger partial charge on any atom is 0.469 e. The summed E-state index contributed by atoms with van der Waals surface area (Å²) in [5, 5.41) is 11.0. The number of carbonyl (C=O) groups excluding carboxylic acids is 1. The predicted molar refractivity (Wildman–Crippen MR) is 138 cm³/mol. The number of phenols is 1. The van der Waals surface area contributed by atoms with Gasteiger partial charge >= 0.3 is 13.8 Å². The van der Waals surface area contributed by atoms with E-state index in [1.807, 2.05) is 13.0 Å². The van der Waals surface area contributed by atoms with Gasteiger partial charge in [-0.2, -0.15) is 0 Å². The van der Waals surface area contributed by atoms with Gasteiger partial charge in [-0.05, 0) is 69.6 Å². The molecule has 1 aliphatic rings. The molecule has 2 rings (SSSR count). The molecule has 9 nitrogen and oxygen atoms in total. The molecule has 9 N–H and O–H groups in total. The van der Waals surface area contributed by atoms with Crippen LogP contribution in [0.25, 0.3) is 0 Å². The van der Waals surface area contributed by atoms with E-state index >= 15 is 0 Å². The molecule has 0 aliphatic heterocycles. The molecule has 1 aromatic rings. The first-order valence-electron chi connectivity index (χ1n) is 11.6. The summed E-state index contributed by atoms with van der Waals surface area (Å²) < 4.78 is 20.9. The third-order valence-corrected chi connectivity index (χ3v) is 6.49. The van der Waals surface area contributed by atoms with E-state index in [-0.39, 0.29) is 49.3 Å². The van der Waals surface area contributed by atoms with Crippen LogP contribution in [-0.2, 0) is 20.3 Å². The third-order valence-electron chi connectivity index (χ3n) is 5.97. The highest BCUT2D eigenvalue weighted by atomic mass is 31.2. The summed E-state index contributed by atoms with van der Waals surface area (Å²) in [5.74, 6) is -0.121. The number of rotatable bonds is 12. The fourth-order valence-electron chi connectivity index (χ4n) is 4.29. The lowest BCUT2D eigenvalue weighted by Crippen LogP contribution is -2.19. The van der Waals surface area contributed by atoms with Crippen molar-refractivity contribution >= 4 is 13.8 Å². The minimum Gasteiger partial charge on any atom is -0.507 e. The highest BCUT2D eigenvalue weighted by molar-refractivity contribution is 7.46. The number of esters is 1. The highest BCUT2D eigenvalue weighted by Crippen LogP contribution is 2.47. The molecule has 0 saturated carbocycles. The number of hydrogen-bond donors (Lipinski definition) is 5. The van der Waals surface area contributed by atoms with Gasteiger partial charge in [0.15, 0.2) is 0 Å². The molecule has 2 atom stereocenters. The van der Waals surface area contributed by atoms with E-state index in [1.54, 1.807) is 6.07 Å². The number of allylic oxidation sites excluding steroid dienone is 3. The van der Waals surface area contributed by atoms with E-state index < -0.39 is 13.8 Å². The summed E-state index contributed by atoms with van der Waals surface area (Å²) in [4.78, 5) is 30.1. The number of phenolic OH excluding ortho intramolecular Hbond substituents is 1. The van der Waals surface area contributed by atoms with Crippen molar-refractivity contribution in [2.24, 2.45) is 5.92 Å². The van der Waals surface area contributed by atoms with Crippen LogP contribution in [0.1, 0.15) is 82.8 Å². The van der Waals surface area contributed by atoms with Crippen molar-refractivity contribution in [3.63, 3.8) is 0 Å². The topological polar surface area (TPSA) is 183 Å². The Bertz CT molecular complexity index is 927. The maximum atomic E-state index is 12.5. The van der Waals surface area contributed by atoms with E-state index in [9.17, 15) is 14.5 Å². The first-order chi connectivity index (χ1) is 15.5. The van der Waals surface area contributed by atoms with Crippen molar-refractivity contribution in [2.75, 3.05) is 6.61 Å². The lowest BCUT2D eigenvalue weighted by Gasteiger charge is -2.32. The number of aryl methyl sites for hydroxylation is 1. The van der Waals surface area contributed by atoms with Gasteiger partial charge in [-0.25, -0.2) is 4.57 Å². The molecule has 1 aliphatic carbocycles. The summed E-state index contributed by atoms with van der Waals surface area (Å²) in [5.41, 5.74) is 3.72. The monoisotopic (exact) mass is 514 g/mol. The number of unbranched alkanes of at least 4 members (excludes halogenated alkanes) is 2. The van der Waals surface area contributed by atoms with Crippen LogP contribution in [0.4, 0.5) is 0 Å². The van der Waals surface area contributed by atoms with E-state index in [0.29, 0.717) is 11.3 Å². The van der Waals surface area contributed by atoms with Gasteiger partial charge in [0.2, 0.25) is 0 Å². The van der Waals surface area contributed by atoms with Crippen LogP contribution in [0.2, 0.25) is 0 Å². The van der Waals surface area contributed by atoms with E-state index in [4.69, 9.17) is 14.5 Å². The molecule has 200 valence electrons. The van der Waals surface area contributed by atoms with Crippen molar-refractivity contribution in [3.8, 4) is 11.5 Å². The third kappa shape index (κ3) is 10.7. The zero-order valence-corrected chi connectivity index (χ0v) is 22.2. The van der Waals surface area contributed by atoms with Gasteiger partial charge in [0.1, 0.15) is 11.5 Å². The zero-order chi connectivity index (χ0) is 24.6. The van der Waals surface area contributed by atoms with Crippen molar-refractivity contribution in [1.29, 1.82) is 0 Å². The average Bonchev–Trinajstić information content (AvgIpc) is 2.70. The van der Waals surface area contributed by atoms with Crippen molar-refractivity contribution in [1.82, 2.24) is 12.3 Å². The van der Waals surface area contributed by atoms with Crippen LogP contribution in [0.15, 0.2) is 35.9 Å². The van der Waals surface area contributed by atoms with Gasteiger partial charge in [-0.1, -0.05) is 43.6 Å². The van der Waals surface area contributed by atoms with Crippen molar-refractivity contribution < 1.29 is 33.5 Å². The number of phosphoric ester groups is 1. The Kier molecular flexibility index (Phi) is 14.3. The standard InChI is InChI=1S/C25H37O7P.2H3N/c1-5-6-7-9-19-15-22(26)25(21-14-18(4)11-12-20(21)17(2)3)23(16-19)32-24(27)10-8-13-31-33(28,29)30;;/h14-16,20-21,26H,2,5-13H2,1,3-4H3,(H2,28,29,30);2*1H3/t20-,21+;;/m0../s1. The fraction of sp³-hybridized carbons (Fsp3) is 0.560. The normalized spacial score (nSPS) is 17.6. The molecule has 1 aromatic carbocycles. The molecular weight excluding hydrogens is 471 g/mol.